The Morgan fingerprint density at radius 3 is 1.70 bits per heavy atom. The van der Waals surface area contributed by atoms with Gasteiger partial charge in [0.25, 0.3) is 0 Å². The zero-order chi connectivity index (χ0) is 28.6. The zero-order valence-electron chi connectivity index (χ0n) is 23.1. The van der Waals surface area contributed by atoms with Crippen LogP contribution in [0.1, 0.15) is 0 Å². The van der Waals surface area contributed by atoms with Crippen molar-refractivity contribution in [2.75, 3.05) is 0 Å². The van der Waals surface area contributed by atoms with Gasteiger partial charge in [0.15, 0.2) is 0 Å². The van der Waals surface area contributed by atoms with Crippen LogP contribution in [0.3, 0.4) is 0 Å². The van der Waals surface area contributed by atoms with Gasteiger partial charge < -0.3 is 0 Å². The summed E-state index contributed by atoms with van der Waals surface area (Å²) in [5.41, 5.74) is 7.37. The fourth-order valence-electron chi connectivity index (χ4n) is 5.45. The van der Waals surface area contributed by atoms with Crippen molar-refractivity contribution >= 4 is 35.1 Å². The summed E-state index contributed by atoms with van der Waals surface area (Å²) in [7, 11) is 0. The minimum absolute atomic E-state index is 0.139. The van der Waals surface area contributed by atoms with Crippen LogP contribution in [0.2, 0.25) is 0 Å². The van der Waals surface area contributed by atoms with Gasteiger partial charge in [-0.15, -0.1) is 0 Å². The molecule has 2 aromatic heterocycles. The summed E-state index contributed by atoms with van der Waals surface area (Å²) in [6.45, 7) is 0. The van der Waals surface area contributed by atoms with Crippen LogP contribution < -0.4 is 0 Å². The molecule has 0 aliphatic heterocycles. The molecule has 6 aromatic carbocycles. The average molecular weight is 616 g/mol. The topological polar surface area (TPSA) is 51.6 Å². The molecule has 0 saturated carbocycles. The summed E-state index contributed by atoms with van der Waals surface area (Å²) in [5, 5.41) is 2.40. The fraction of sp³-hybridized carbons (Fsp3) is 0. The van der Waals surface area contributed by atoms with Gasteiger partial charge in [-0.25, -0.2) is 0 Å². The molecule has 0 aliphatic carbocycles. The molecular formula is C38H24N4Se. The Labute approximate surface area is 255 Å². The maximum atomic E-state index is 5.08. The monoisotopic (exact) mass is 616 g/mol. The van der Waals surface area contributed by atoms with Crippen molar-refractivity contribution in [3.05, 3.63) is 146 Å². The number of rotatable bonds is 5. The molecule has 4 nitrogen and oxygen atoms in total. The van der Waals surface area contributed by atoms with Crippen LogP contribution in [0.25, 0.3) is 76.0 Å². The first-order valence-corrected chi connectivity index (χ1v) is 15.9. The summed E-state index contributed by atoms with van der Waals surface area (Å²) in [6.07, 6.45) is 0. The predicted molar refractivity (Wildman–Crippen MR) is 177 cm³/mol. The van der Waals surface area contributed by atoms with Crippen LogP contribution in [0, 0.1) is 0 Å². The molecule has 0 aliphatic rings. The van der Waals surface area contributed by atoms with E-state index in [1.54, 1.807) is 0 Å². The summed E-state index contributed by atoms with van der Waals surface area (Å²) < 4.78 is 2.50. The SMILES string of the molecule is c1ccc(-c2nc(-c3ccc4c(ccc5nc(-c6ccccc6)[se]c54)c3)nc(-c3ccccc3-c3ccccc3)n2)cc1. The van der Waals surface area contributed by atoms with Crippen LogP contribution >= 0.6 is 0 Å². The summed E-state index contributed by atoms with van der Waals surface area (Å²) in [4.78, 5) is 20.1. The van der Waals surface area contributed by atoms with E-state index in [-0.39, 0.29) is 14.5 Å². The third-order valence-corrected chi connectivity index (χ3v) is 9.99. The minimum atomic E-state index is 0.139. The van der Waals surface area contributed by atoms with Crippen LogP contribution in [-0.4, -0.2) is 34.4 Å². The van der Waals surface area contributed by atoms with E-state index in [2.05, 4.69) is 97.1 Å². The van der Waals surface area contributed by atoms with E-state index in [0.717, 1.165) is 38.7 Å². The van der Waals surface area contributed by atoms with E-state index in [1.165, 1.54) is 19.8 Å². The van der Waals surface area contributed by atoms with Crippen LogP contribution in [0.5, 0.6) is 0 Å². The number of benzene rings is 6. The van der Waals surface area contributed by atoms with Crippen molar-refractivity contribution in [2.24, 2.45) is 0 Å². The van der Waals surface area contributed by atoms with Gasteiger partial charge >= 0.3 is 238 Å². The molecule has 202 valence electrons. The van der Waals surface area contributed by atoms with Crippen molar-refractivity contribution in [2.45, 2.75) is 0 Å². The third-order valence-electron chi connectivity index (χ3n) is 7.57. The fourth-order valence-corrected chi connectivity index (χ4v) is 7.77. The van der Waals surface area contributed by atoms with Crippen molar-refractivity contribution < 1.29 is 0 Å². The number of hydrogen-bond donors (Lipinski definition) is 0. The van der Waals surface area contributed by atoms with E-state index >= 15 is 0 Å². The summed E-state index contributed by atoms with van der Waals surface area (Å²) in [6, 6.07) is 50.2. The normalized spacial score (nSPS) is 11.3. The molecule has 0 spiro atoms. The average Bonchev–Trinajstić information content (AvgIpc) is 3.54. The first-order valence-electron chi connectivity index (χ1n) is 14.2. The molecule has 43 heavy (non-hydrogen) atoms. The van der Waals surface area contributed by atoms with Crippen molar-refractivity contribution in [3.63, 3.8) is 0 Å². The molecule has 0 saturated heterocycles. The maximum absolute atomic E-state index is 5.08. The molecule has 2 heterocycles. The third kappa shape index (κ3) is 4.85. The molecule has 8 aromatic rings. The van der Waals surface area contributed by atoms with Gasteiger partial charge in [0.05, 0.1) is 0 Å². The second kappa shape index (κ2) is 10.9. The Morgan fingerprint density at radius 1 is 0.395 bits per heavy atom. The molecule has 0 bridgehead atoms. The molecule has 0 fully saturated rings. The van der Waals surface area contributed by atoms with Gasteiger partial charge in [0.2, 0.25) is 0 Å². The van der Waals surface area contributed by atoms with Gasteiger partial charge in [-0.1, -0.05) is 18.2 Å². The molecule has 0 N–H and O–H groups in total. The zero-order valence-corrected chi connectivity index (χ0v) is 24.8. The van der Waals surface area contributed by atoms with Crippen LogP contribution in [0.15, 0.2) is 146 Å². The van der Waals surface area contributed by atoms with Gasteiger partial charge in [0.1, 0.15) is 0 Å². The van der Waals surface area contributed by atoms with Gasteiger partial charge in [-0.05, 0) is 0 Å². The predicted octanol–water partition coefficient (Wildman–Crippen LogP) is 8.97. The first-order chi connectivity index (χ1) is 21.3. The van der Waals surface area contributed by atoms with Crippen molar-refractivity contribution in [1.29, 1.82) is 0 Å². The molecule has 0 amide bonds. The summed E-state index contributed by atoms with van der Waals surface area (Å²) in [5.74, 6) is 1.96. The van der Waals surface area contributed by atoms with E-state index in [0.29, 0.717) is 17.5 Å². The summed E-state index contributed by atoms with van der Waals surface area (Å²) >= 11 is 0.139. The molecule has 8 rings (SSSR count). The Balaban J connectivity index is 1.29. The second-order valence-corrected chi connectivity index (χ2v) is 12.4. The van der Waals surface area contributed by atoms with E-state index in [1.807, 2.05) is 48.5 Å². The van der Waals surface area contributed by atoms with Crippen molar-refractivity contribution in [1.82, 2.24) is 19.9 Å². The quantitative estimate of drug-likeness (QED) is 0.181. The molecule has 0 radical (unpaired) electrons. The molecule has 0 atom stereocenters. The van der Waals surface area contributed by atoms with E-state index in [9.17, 15) is 0 Å². The van der Waals surface area contributed by atoms with E-state index in [4.69, 9.17) is 19.9 Å². The van der Waals surface area contributed by atoms with E-state index < -0.39 is 0 Å². The number of nitrogens with zero attached hydrogens (tertiary/aromatic N) is 4. The van der Waals surface area contributed by atoms with Crippen LogP contribution in [-0.2, 0) is 0 Å². The van der Waals surface area contributed by atoms with Crippen molar-refractivity contribution in [3.8, 4) is 55.4 Å². The van der Waals surface area contributed by atoms with Gasteiger partial charge in [-0.2, -0.15) is 0 Å². The van der Waals surface area contributed by atoms with Crippen LogP contribution in [0.4, 0.5) is 0 Å². The number of aromatic nitrogens is 4. The molecule has 5 heteroatoms. The molecule has 0 unspecified atom stereocenters. The van der Waals surface area contributed by atoms with Gasteiger partial charge in [-0.3, -0.25) is 0 Å². The molecular weight excluding hydrogens is 591 g/mol. The Bertz CT molecular complexity index is 2230. The van der Waals surface area contributed by atoms with Gasteiger partial charge in [0, 0.05) is 0 Å². The standard InChI is InChI=1S/C38H24N4Se/c1-4-12-25(13-5-1)30-18-10-11-19-32(30)37-41-35(26-14-6-2-7-15-26)40-36(42-37)29-20-22-31-28(24-29)21-23-33-34(31)43-38(39-33)27-16-8-3-9-17-27/h1-24H. The number of hydrogen-bond acceptors (Lipinski definition) is 4. The Kier molecular flexibility index (Phi) is 6.45. The number of fused-ring (bicyclic) bond motifs is 3. The first kappa shape index (κ1) is 25.5. The second-order valence-electron chi connectivity index (χ2n) is 10.3. The Morgan fingerprint density at radius 2 is 0.977 bits per heavy atom. The Hall–Kier alpha value is -5.22.